The zero-order valence-corrected chi connectivity index (χ0v) is 26.7. The lowest BCUT2D eigenvalue weighted by molar-refractivity contribution is 0.200. The van der Waals surface area contributed by atoms with Crippen LogP contribution < -0.4 is 27.1 Å². The molecule has 0 spiro atoms. The summed E-state index contributed by atoms with van der Waals surface area (Å²) in [4.78, 5) is 0. The third-order valence-electron chi connectivity index (χ3n) is 8.94. The molecular weight excluding hydrogens is 516 g/mol. The lowest BCUT2D eigenvalue weighted by Crippen LogP contribution is -2.48. The second-order valence-electron chi connectivity index (χ2n) is 12.6. The van der Waals surface area contributed by atoms with Crippen molar-refractivity contribution < 1.29 is 0 Å². The van der Waals surface area contributed by atoms with Gasteiger partial charge in [0.2, 0.25) is 0 Å². The molecule has 6 heteroatoms. The number of anilines is 1. The maximum Gasteiger partial charge on any atom is 0.0641 e. The summed E-state index contributed by atoms with van der Waals surface area (Å²) < 4.78 is 0. The number of likely N-dealkylation sites (N-methyl/N-ethyl adjacent to an activating group) is 1. The predicted molar refractivity (Wildman–Crippen MR) is 182 cm³/mol. The number of nitrogens with two attached hydrogens (primary N) is 1. The summed E-state index contributed by atoms with van der Waals surface area (Å²) in [6.45, 7) is 19.5. The van der Waals surface area contributed by atoms with Gasteiger partial charge in [-0.3, -0.25) is 0 Å². The molecule has 4 rings (SSSR count). The number of rotatable bonds is 15. The highest BCUT2D eigenvalue weighted by atomic mass is 15.4. The van der Waals surface area contributed by atoms with Gasteiger partial charge in [0.05, 0.1) is 18.6 Å². The van der Waals surface area contributed by atoms with E-state index in [9.17, 15) is 0 Å². The predicted octanol–water partition coefficient (Wildman–Crippen LogP) is 6.42. The molecule has 2 atom stereocenters. The fraction of sp³-hybridized carbons (Fsp3) is 0.444. The fourth-order valence-corrected chi connectivity index (χ4v) is 6.55. The van der Waals surface area contributed by atoms with Crippen LogP contribution in [0.2, 0.25) is 0 Å². The molecule has 0 radical (unpaired) electrons. The van der Waals surface area contributed by atoms with Crippen molar-refractivity contribution in [2.24, 2.45) is 11.3 Å². The van der Waals surface area contributed by atoms with Gasteiger partial charge in [0.25, 0.3) is 0 Å². The van der Waals surface area contributed by atoms with Gasteiger partial charge in [0.15, 0.2) is 0 Å². The van der Waals surface area contributed by atoms with Gasteiger partial charge in [-0.05, 0) is 109 Å². The highest BCUT2D eigenvalue weighted by Crippen LogP contribution is 2.40. The van der Waals surface area contributed by atoms with Crippen molar-refractivity contribution in [2.75, 3.05) is 39.0 Å². The summed E-state index contributed by atoms with van der Waals surface area (Å²) in [5.41, 5.74) is 10.5. The summed E-state index contributed by atoms with van der Waals surface area (Å²) in [5.74, 6) is 6.58. The molecule has 0 saturated carbocycles. The molecule has 3 aromatic carbocycles. The number of fused-ring (bicyclic) bond motifs is 4. The van der Waals surface area contributed by atoms with Gasteiger partial charge in [-0.1, -0.05) is 64.3 Å². The Balaban J connectivity index is 1.62. The molecule has 1 aliphatic carbocycles. The molecule has 6 nitrogen and oxygen atoms in total. The van der Waals surface area contributed by atoms with E-state index in [1.807, 2.05) is 19.1 Å². The van der Waals surface area contributed by atoms with Crippen LogP contribution in [-0.4, -0.2) is 44.8 Å². The number of nitrogens with one attached hydrogen (secondary N) is 4. The fourth-order valence-electron chi connectivity index (χ4n) is 6.55. The number of benzene rings is 3. The third-order valence-corrected chi connectivity index (χ3v) is 8.94. The van der Waals surface area contributed by atoms with Gasteiger partial charge < -0.3 is 26.3 Å². The zero-order chi connectivity index (χ0) is 30.4. The van der Waals surface area contributed by atoms with Crippen molar-refractivity contribution in [3.8, 4) is 11.1 Å². The van der Waals surface area contributed by atoms with E-state index in [1.54, 1.807) is 6.20 Å². The molecule has 6 N–H and O–H groups in total. The number of aryl methyl sites for hydroxylation is 3. The molecule has 0 aromatic heterocycles. The minimum atomic E-state index is 0.0740. The Hall–Kier alpha value is -3.32. The maximum absolute atomic E-state index is 6.58. The van der Waals surface area contributed by atoms with Crippen LogP contribution in [0.25, 0.3) is 21.9 Å². The summed E-state index contributed by atoms with van der Waals surface area (Å²) in [5, 5.41) is 18.2. The lowest BCUT2D eigenvalue weighted by atomic mass is 9.82. The molecule has 1 aliphatic rings. The first-order chi connectivity index (χ1) is 20.1. The minimum absolute atomic E-state index is 0.0740. The summed E-state index contributed by atoms with van der Waals surface area (Å²) in [7, 11) is 4.05. The van der Waals surface area contributed by atoms with Crippen LogP contribution in [0.4, 0.5) is 5.69 Å². The smallest absolute Gasteiger partial charge is 0.0641 e. The molecule has 1 unspecified atom stereocenters. The normalized spacial score (nSPS) is 14.1. The molecule has 42 heavy (non-hydrogen) atoms. The van der Waals surface area contributed by atoms with Gasteiger partial charge >= 0.3 is 0 Å². The van der Waals surface area contributed by atoms with Crippen LogP contribution in [0.15, 0.2) is 67.5 Å². The SMILES string of the molecule is C=CNCC(=C)N(N)C(CC)[C@H](NC)c1ccc2c(c1)CCc1cc3c(NCCC(C)(C)CNC)c(C)ccc3cc1-2. The van der Waals surface area contributed by atoms with Crippen molar-refractivity contribution >= 4 is 16.5 Å². The quantitative estimate of drug-likeness (QED) is 0.108. The average molecular weight is 569 g/mol. The van der Waals surface area contributed by atoms with Crippen molar-refractivity contribution in [1.82, 2.24) is 21.0 Å². The van der Waals surface area contributed by atoms with E-state index < -0.39 is 0 Å². The van der Waals surface area contributed by atoms with E-state index in [2.05, 4.69) is 105 Å². The first-order valence-electron chi connectivity index (χ1n) is 15.4. The molecule has 3 aromatic rings. The second kappa shape index (κ2) is 13.8. The minimum Gasteiger partial charge on any atom is -0.386 e. The Morgan fingerprint density at radius 2 is 1.81 bits per heavy atom. The van der Waals surface area contributed by atoms with Crippen LogP contribution in [-0.2, 0) is 12.8 Å². The van der Waals surface area contributed by atoms with E-state index in [-0.39, 0.29) is 17.5 Å². The van der Waals surface area contributed by atoms with E-state index in [1.165, 1.54) is 49.8 Å². The number of hydrogen-bond donors (Lipinski definition) is 5. The maximum atomic E-state index is 6.58. The van der Waals surface area contributed by atoms with Crippen LogP contribution in [0.3, 0.4) is 0 Å². The molecule has 0 bridgehead atoms. The summed E-state index contributed by atoms with van der Waals surface area (Å²) in [6.07, 6.45) is 5.75. The Morgan fingerprint density at radius 1 is 1.07 bits per heavy atom. The van der Waals surface area contributed by atoms with Crippen molar-refractivity contribution in [3.63, 3.8) is 0 Å². The van der Waals surface area contributed by atoms with Gasteiger partial charge in [0.1, 0.15) is 0 Å². The Labute approximate surface area is 253 Å². The molecule has 226 valence electrons. The number of hydrazine groups is 1. The standard InChI is InChI=1S/C36H52N6/c1-9-33(42(37)25(4)22-40-10-2)35(39-8)29-15-16-30-26(19-29)13-14-27-21-32-28(20-31(27)30)12-11-24(3)34(32)41-18-17-36(5,6)23-38-7/h10-12,15-16,19-21,33,35,38-41H,2,4,9,13-14,17-18,22-23,37H2,1,3,5-8H3/t33?,35-/m1/s1. The highest BCUT2D eigenvalue weighted by Gasteiger charge is 2.27. The Kier molecular flexibility index (Phi) is 10.4. The van der Waals surface area contributed by atoms with Gasteiger partial charge in [-0.25, -0.2) is 5.84 Å². The van der Waals surface area contributed by atoms with Gasteiger partial charge in [0, 0.05) is 29.9 Å². The first-order valence-corrected chi connectivity index (χ1v) is 15.4. The third kappa shape index (κ3) is 6.83. The van der Waals surface area contributed by atoms with E-state index in [0.717, 1.165) is 44.5 Å². The van der Waals surface area contributed by atoms with Crippen LogP contribution in [0, 0.1) is 12.3 Å². The summed E-state index contributed by atoms with van der Waals surface area (Å²) in [6, 6.07) is 16.5. The molecule has 0 aliphatic heterocycles. The molecule has 0 amide bonds. The topological polar surface area (TPSA) is 77.4 Å². The van der Waals surface area contributed by atoms with E-state index in [4.69, 9.17) is 5.84 Å². The Morgan fingerprint density at radius 3 is 2.48 bits per heavy atom. The average Bonchev–Trinajstić information content (AvgIpc) is 2.98. The summed E-state index contributed by atoms with van der Waals surface area (Å²) >= 11 is 0. The highest BCUT2D eigenvalue weighted by molar-refractivity contribution is 5.99. The molecule has 0 saturated heterocycles. The van der Waals surface area contributed by atoms with Crippen molar-refractivity contribution in [1.29, 1.82) is 0 Å². The molecular formula is C36H52N6. The van der Waals surface area contributed by atoms with Crippen LogP contribution >= 0.6 is 0 Å². The first kappa shape index (κ1) is 31.6. The van der Waals surface area contributed by atoms with Crippen molar-refractivity contribution in [2.45, 2.75) is 65.5 Å². The zero-order valence-electron chi connectivity index (χ0n) is 26.7. The number of hydrogen-bond acceptors (Lipinski definition) is 6. The van der Waals surface area contributed by atoms with Crippen molar-refractivity contribution in [3.05, 3.63) is 89.8 Å². The van der Waals surface area contributed by atoms with E-state index in [0.29, 0.717) is 6.54 Å². The number of nitrogens with zero attached hydrogens (tertiary/aromatic N) is 1. The second-order valence-corrected chi connectivity index (χ2v) is 12.6. The molecule has 0 heterocycles. The van der Waals surface area contributed by atoms with Gasteiger partial charge in [-0.15, -0.1) is 0 Å². The monoisotopic (exact) mass is 568 g/mol. The lowest BCUT2D eigenvalue weighted by Gasteiger charge is -2.36. The Bertz CT molecular complexity index is 1410. The molecule has 0 fully saturated rings. The largest absolute Gasteiger partial charge is 0.386 e. The van der Waals surface area contributed by atoms with Crippen LogP contribution in [0.5, 0.6) is 0 Å². The van der Waals surface area contributed by atoms with Gasteiger partial charge in [-0.2, -0.15) is 0 Å². The van der Waals surface area contributed by atoms with Crippen LogP contribution in [0.1, 0.15) is 61.9 Å². The van der Waals surface area contributed by atoms with E-state index >= 15 is 0 Å².